The number of amides is 1. The number of carbonyl (C=O) groups excluding carboxylic acids is 1. The zero-order valence-corrected chi connectivity index (χ0v) is 14.4. The molecule has 1 N–H and O–H groups in total. The van der Waals surface area contributed by atoms with Crippen LogP contribution in [0.1, 0.15) is 63.3 Å². The zero-order valence-electron chi connectivity index (χ0n) is 14.4. The molecular weight excluding hydrogens is 290 g/mol. The summed E-state index contributed by atoms with van der Waals surface area (Å²) in [6.07, 6.45) is 10.0. The second kappa shape index (κ2) is 7.04. The number of rotatable bonds is 5. The lowest BCUT2D eigenvalue weighted by molar-refractivity contribution is -0.122. The molecule has 5 nitrogen and oxygen atoms in total. The Bertz CT molecular complexity index is 546. The number of aryl methyl sites for hydroxylation is 2. The molecule has 23 heavy (non-hydrogen) atoms. The van der Waals surface area contributed by atoms with E-state index in [9.17, 15) is 4.79 Å². The summed E-state index contributed by atoms with van der Waals surface area (Å²) >= 11 is 0. The van der Waals surface area contributed by atoms with Gasteiger partial charge in [-0.1, -0.05) is 26.2 Å². The molecule has 1 aliphatic heterocycles. The smallest absolute Gasteiger partial charge is 0.226 e. The lowest BCUT2D eigenvalue weighted by Gasteiger charge is -2.33. The standard InChI is InChI=1S/C18H29N3O2/c1-3-14-11-15(21(2)20-14)12-17(22)19-13-16-7-10-18(23-16)8-5-4-6-9-18/h11,16H,3-10,12-13H2,1-2H3,(H,19,22). The third kappa shape index (κ3) is 3.94. The normalized spacial score (nSPS) is 23.3. The van der Waals surface area contributed by atoms with Crippen molar-refractivity contribution >= 4 is 5.91 Å². The first-order valence-corrected chi connectivity index (χ1v) is 9.06. The molecule has 1 spiro atoms. The molecule has 1 aliphatic carbocycles. The fourth-order valence-electron chi connectivity index (χ4n) is 3.97. The van der Waals surface area contributed by atoms with Gasteiger partial charge in [0.2, 0.25) is 5.91 Å². The molecule has 3 rings (SSSR count). The second-order valence-electron chi connectivity index (χ2n) is 7.11. The molecule has 1 unspecified atom stereocenters. The molecule has 1 atom stereocenters. The van der Waals surface area contributed by atoms with Gasteiger partial charge in [0.25, 0.3) is 0 Å². The molecule has 1 aromatic heterocycles. The summed E-state index contributed by atoms with van der Waals surface area (Å²) in [5.41, 5.74) is 2.13. The van der Waals surface area contributed by atoms with Gasteiger partial charge in [0.1, 0.15) is 0 Å². The Labute approximate surface area is 138 Å². The Morgan fingerprint density at radius 1 is 1.39 bits per heavy atom. The molecule has 0 bridgehead atoms. The lowest BCUT2D eigenvalue weighted by atomic mass is 9.83. The van der Waals surface area contributed by atoms with Gasteiger partial charge in [0, 0.05) is 19.3 Å². The quantitative estimate of drug-likeness (QED) is 0.907. The average Bonchev–Trinajstić information content (AvgIpc) is 3.10. The van der Waals surface area contributed by atoms with Crippen LogP contribution in [-0.2, 0) is 29.4 Å². The first-order valence-electron chi connectivity index (χ1n) is 9.06. The van der Waals surface area contributed by atoms with Crippen LogP contribution in [-0.4, -0.2) is 33.9 Å². The monoisotopic (exact) mass is 319 g/mol. The van der Waals surface area contributed by atoms with E-state index in [1.54, 1.807) is 0 Å². The van der Waals surface area contributed by atoms with Crippen LogP contribution in [0.5, 0.6) is 0 Å². The Morgan fingerprint density at radius 2 is 2.17 bits per heavy atom. The Balaban J connectivity index is 1.45. The van der Waals surface area contributed by atoms with Gasteiger partial charge in [-0.2, -0.15) is 5.10 Å². The summed E-state index contributed by atoms with van der Waals surface area (Å²) in [6.45, 7) is 2.71. The highest BCUT2D eigenvalue weighted by molar-refractivity contribution is 5.78. The fraction of sp³-hybridized carbons (Fsp3) is 0.778. The molecular formula is C18H29N3O2. The number of nitrogens with zero attached hydrogens (tertiary/aromatic N) is 2. The van der Waals surface area contributed by atoms with Gasteiger partial charge in [0.15, 0.2) is 0 Å². The van der Waals surface area contributed by atoms with E-state index in [1.807, 2.05) is 17.8 Å². The van der Waals surface area contributed by atoms with Crippen molar-refractivity contribution < 1.29 is 9.53 Å². The first-order chi connectivity index (χ1) is 11.1. The molecule has 1 aromatic rings. The topological polar surface area (TPSA) is 56.1 Å². The predicted octanol–water partition coefficient (Wildman–Crippen LogP) is 2.52. The predicted molar refractivity (Wildman–Crippen MR) is 89.2 cm³/mol. The van der Waals surface area contributed by atoms with Crippen molar-refractivity contribution in [2.75, 3.05) is 6.54 Å². The van der Waals surface area contributed by atoms with Crippen molar-refractivity contribution in [2.24, 2.45) is 7.05 Å². The molecule has 1 amide bonds. The number of ether oxygens (including phenoxy) is 1. The highest BCUT2D eigenvalue weighted by Gasteiger charge is 2.40. The molecule has 1 saturated heterocycles. The Hall–Kier alpha value is -1.36. The Kier molecular flexibility index (Phi) is 5.05. The molecule has 2 aliphatic rings. The van der Waals surface area contributed by atoms with Crippen molar-refractivity contribution in [1.29, 1.82) is 0 Å². The van der Waals surface area contributed by atoms with Crippen molar-refractivity contribution in [1.82, 2.24) is 15.1 Å². The fourth-order valence-corrected chi connectivity index (χ4v) is 3.97. The van der Waals surface area contributed by atoms with Gasteiger partial charge in [-0.05, 0) is 38.2 Å². The molecule has 0 radical (unpaired) electrons. The maximum Gasteiger partial charge on any atom is 0.226 e. The van der Waals surface area contributed by atoms with Crippen LogP contribution in [0.15, 0.2) is 6.07 Å². The van der Waals surface area contributed by atoms with Crippen molar-refractivity contribution in [3.63, 3.8) is 0 Å². The van der Waals surface area contributed by atoms with E-state index in [1.165, 1.54) is 32.1 Å². The van der Waals surface area contributed by atoms with Gasteiger partial charge in [0.05, 0.1) is 23.8 Å². The molecule has 0 aromatic carbocycles. The van der Waals surface area contributed by atoms with Crippen molar-refractivity contribution in [2.45, 2.75) is 76.4 Å². The van der Waals surface area contributed by atoms with Crippen molar-refractivity contribution in [3.05, 3.63) is 17.5 Å². The minimum atomic E-state index is 0.0591. The summed E-state index contributed by atoms with van der Waals surface area (Å²) in [4.78, 5) is 12.2. The van der Waals surface area contributed by atoms with E-state index >= 15 is 0 Å². The summed E-state index contributed by atoms with van der Waals surface area (Å²) in [7, 11) is 1.90. The van der Waals surface area contributed by atoms with E-state index in [4.69, 9.17) is 4.74 Å². The molecule has 1 saturated carbocycles. The van der Waals surface area contributed by atoms with Gasteiger partial charge < -0.3 is 10.1 Å². The van der Waals surface area contributed by atoms with Crippen LogP contribution >= 0.6 is 0 Å². The van der Waals surface area contributed by atoms with Gasteiger partial charge in [-0.15, -0.1) is 0 Å². The Morgan fingerprint density at radius 3 is 2.87 bits per heavy atom. The van der Waals surface area contributed by atoms with E-state index < -0.39 is 0 Å². The highest BCUT2D eigenvalue weighted by Crippen LogP contribution is 2.41. The van der Waals surface area contributed by atoms with Crippen LogP contribution in [0.4, 0.5) is 0 Å². The summed E-state index contributed by atoms with van der Waals surface area (Å²) in [5.74, 6) is 0.0591. The largest absolute Gasteiger partial charge is 0.370 e. The SMILES string of the molecule is CCc1cc(CC(=O)NCC2CCC3(CCCCC3)O2)n(C)n1. The van der Waals surface area contributed by atoms with Crippen LogP contribution in [0.25, 0.3) is 0 Å². The van der Waals surface area contributed by atoms with Crippen molar-refractivity contribution in [3.8, 4) is 0 Å². The molecule has 128 valence electrons. The number of nitrogens with one attached hydrogen (secondary N) is 1. The van der Waals surface area contributed by atoms with Crippen LogP contribution in [0.2, 0.25) is 0 Å². The van der Waals surface area contributed by atoms with Crippen LogP contribution in [0, 0.1) is 0 Å². The van der Waals surface area contributed by atoms with E-state index in [2.05, 4.69) is 17.3 Å². The molecule has 2 fully saturated rings. The maximum absolute atomic E-state index is 12.2. The highest BCUT2D eigenvalue weighted by atomic mass is 16.5. The summed E-state index contributed by atoms with van der Waals surface area (Å²) in [5, 5.41) is 7.43. The third-order valence-electron chi connectivity index (χ3n) is 5.36. The molecule has 5 heteroatoms. The molecule has 2 heterocycles. The second-order valence-corrected chi connectivity index (χ2v) is 7.11. The minimum Gasteiger partial charge on any atom is -0.370 e. The van der Waals surface area contributed by atoms with Gasteiger partial charge in [-0.25, -0.2) is 0 Å². The van der Waals surface area contributed by atoms with E-state index in [0.29, 0.717) is 13.0 Å². The summed E-state index contributed by atoms with van der Waals surface area (Å²) in [6, 6.07) is 2.02. The third-order valence-corrected chi connectivity index (χ3v) is 5.36. The average molecular weight is 319 g/mol. The van der Waals surface area contributed by atoms with E-state index in [0.717, 1.165) is 30.7 Å². The number of hydrogen-bond donors (Lipinski definition) is 1. The number of aromatic nitrogens is 2. The zero-order chi connectivity index (χ0) is 16.3. The number of carbonyl (C=O) groups is 1. The minimum absolute atomic E-state index is 0.0591. The summed E-state index contributed by atoms with van der Waals surface area (Å²) < 4.78 is 8.11. The number of hydrogen-bond acceptors (Lipinski definition) is 3. The van der Waals surface area contributed by atoms with Crippen LogP contribution in [0.3, 0.4) is 0 Å². The maximum atomic E-state index is 12.2. The van der Waals surface area contributed by atoms with Gasteiger partial charge in [-0.3, -0.25) is 9.48 Å². The van der Waals surface area contributed by atoms with Gasteiger partial charge >= 0.3 is 0 Å². The first kappa shape index (κ1) is 16.5. The lowest BCUT2D eigenvalue weighted by Crippen LogP contribution is -2.37. The van der Waals surface area contributed by atoms with E-state index in [-0.39, 0.29) is 17.6 Å². The van der Waals surface area contributed by atoms with Crippen LogP contribution < -0.4 is 5.32 Å².